The van der Waals surface area contributed by atoms with E-state index >= 15 is 0 Å². The Morgan fingerprint density at radius 2 is 2.20 bits per heavy atom. The van der Waals surface area contributed by atoms with Gasteiger partial charge in [0.2, 0.25) is 0 Å². The summed E-state index contributed by atoms with van der Waals surface area (Å²) in [6.07, 6.45) is 1.85. The van der Waals surface area contributed by atoms with Gasteiger partial charge in [0.15, 0.2) is 0 Å². The number of rotatable bonds is 3. The summed E-state index contributed by atoms with van der Waals surface area (Å²) in [5.74, 6) is 0.381. The van der Waals surface area contributed by atoms with Gasteiger partial charge >= 0.3 is 0 Å². The van der Waals surface area contributed by atoms with Crippen LogP contribution in [0.3, 0.4) is 0 Å². The highest BCUT2D eigenvalue weighted by Gasteiger charge is 2.26. The molecule has 2 rings (SSSR count). The molecule has 0 amide bonds. The van der Waals surface area contributed by atoms with Crippen LogP contribution in [-0.2, 0) is 6.42 Å². The molecule has 1 aliphatic heterocycles. The largest absolute Gasteiger partial charge is 0.330 e. The number of halogens is 1. The molecule has 1 aliphatic rings. The molecule has 0 aliphatic carbocycles. The molecule has 0 bridgehead atoms. The van der Waals surface area contributed by atoms with Gasteiger partial charge < -0.3 is 11.1 Å². The van der Waals surface area contributed by atoms with Crippen LogP contribution in [0.2, 0.25) is 0 Å². The first kappa shape index (κ1) is 10.6. The summed E-state index contributed by atoms with van der Waals surface area (Å²) in [6, 6.07) is 7.31. The van der Waals surface area contributed by atoms with Crippen molar-refractivity contribution >= 4 is 0 Å². The van der Waals surface area contributed by atoms with Gasteiger partial charge in [-0.2, -0.15) is 0 Å². The number of nitrogens with two attached hydrogens (primary N) is 1. The van der Waals surface area contributed by atoms with Crippen LogP contribution in [-0.4, -0.2) is 19.1 Å². The first-order valence-electron chi connectivity index (χ1n) is 5.48. The van der Waals surface area contributed by atoms with Crippen molar-refractivity contribution in [1.82, 2.24) is 5.32 Å². The number of benzene rings is 1. The van der Waals surface area contributed by atoms with Crippen LogP contribution < -0.4 is 11.1 Å². The van der Waals surface area contributed by atoms with Crippen molar-refractivity contribution in [1.29, 1.82) is 0 Å². The summed E-state index contributed by atoms with van der Waals surface area (Å²) in [5, 5.41) is 3.39. The minimum absolute atomic E-state index is 0.109. The van der Waals surface area contributed by atoms with Crippen molar-refractivity contribution in [2.24, 2.45) is 11.7 Å². The second kappa shape index (κ2) is 4.73. The van der Waals surface area contributed by atoms with E-state index in [9.17, 15) is 4.39 Å². The fraction of sp³-hybridized carbons (Fsp3) is 0.500. The molecule has 1 fully saturated rings. The smallest absolute Gasteiger partial charge is 0.126 e. The Kier molecular flexibility index (Phi) is 3.34. The van der Waals surface area contributed by atoms with Crippen LogP contribution in [0.15, 0.2) is 24.3 Å². The van der Waals surface area contributed by atoms with E-state index in [4.69, 9.17) is 5.73 Å². The van der Waals surface area contributed by atoms with Gasteiger partial charge in [-0.1, -0.05) is 18.2 Å². The summed E-state index contributed by atoms with van der Waals surface area (Å²) in [6.45, 7) is 1.69. The summed E-state index contributed by atoms with van der Waals surface area (Å²) < 4.78 is 13.4. The Morgan fingerprint density at radius 3 is 2.93 bits per heavy atom. The fourth-order valence-corrected chi connectivity index (χ4v) is 2.24. The van der Waals surface area contributed by atoms with Gasteiger partial charge in [-0.05, 0) is 43.5 Å². The average Bonchev–Trinajstić information content (AvgIpc) is 2.69. The molecule has 0 spiro atoms. The second-order valence-electron chi connectivity index (χ2n) is 4.14. The Morgan fingerprint density at radius 1 is 1.40 bits per heavy atom. The topological polar surface area (TPSA) is 38.0 Å². The SMILES string of the molecule is NCC1CCNC1Cc1ccccc1F. The van der Waals surface area contributed by atoms with E-state index in [0.29, 0.717) is 18.5 Å². The lowest BCUT2D eigenvalue weighted by Crippen LogP contribution is -2.33. The molecular weight excluding hydrogens is 191 g/mol. The molecule has 15 heavy (non-hydrogen) atoms. The third-order valence-electron chi connectivity index (χ3n) is 3.19. The molecular formula is C12H17FN2. The van der Waals surface area contributed by atoms with E-state index < -0.39 is 0 Å². The molecule has 3 N–H and O–H groups in total. The highest BCUT2D eigenvalue weighted by Crippen LogP contribution is 2.19. The van der Waals surface area contributed by atoms with Crippen molar-refractivity contribution in [2.75, 3.05) is 13.1 Å². The summed E-state index contributed by atoms with van der Waals surface area (Å²) in [5.41, 5.74) is 6.47. The predicted molar refractivity (Wildman–Crippen MR) is 59.1 cm³/mol. The number of hydrogen-bond acceptors (Lipinski definition) is 2. The molecule has 3 heteroatoms. The molecule has 82 valence electrons. The maximum absolute atomic E-state index is 13.4. The highest BCUT2D eigenvalue weighted by atomic mass is 19.1. The van der Waals surface area contributed by atoms with E-state index in [1.54, 1.807) is 6.07 Å². The fourth-order valence-electron chi connectivity index (χ4n) is 2.24. The van der Waals surface area contributed by atoms with Crippen LogP contribution in [0.25, 0.3) is 0 Å². The minimum Gasteiger partial charge on any atom is -0.330 e. The van der Waals surface area contributed by atoms with Crippen LogP contribution in [0.5, 0.6) is 0 Å². The summed E-state index contributed by atoms with van der Waals surface area (Å²) in [7, 11) is 0. The third kappa shape index (κ3) is 2.36. The van der Waals surface area contributed by atoms with E-state index in [1.165, 1.54) is 6.07 Å². The molecule has 1 saturated heterocycles. The Hall–Kier alpha value is -0.930. The average molecular weight is 208 g/mol. The maximum Gasteiger partial charge on any atom is 0.126 e. The van der Waals surface area contributed by atoms with Crippen LogP contribution in [0, 0.1) is 11.7 Å². The molecule has 0 saturated carbocycles. The summed E-state index contributed by atoms with van der Waals surface area (Å²) in [4.78, 5) is 0. The van der Waals surface area contributed by atoms with Crippen molar-refractivity contribution < 1.29 is 4.39 Å². The molecule has 1 heterocycles. The summed E-state index contributed by atoms with van der Waals surface area (Å²) >= 11 is 0. The maximum atomic E-state index is 13.4. The van der Waals surface area contributed by atoms with Gasteiger partial charge in [0.25, 0.3) is 0 Å². The zero-order valence-corrected chi connectivity index (χ0v) is 8.75. The van der Waals surface area contributed by atoms with E-state index in [1.807, 2.05) is 12.1 Å². The zero-order valence-electron chi connectivity index (χ0n) is 8.75. The molecule has 0 aromatic heterocycles. The van der Waals surface area contributed by atoms with Crippen LogP contribution in [0.4, 0.5) is 4.39 Å². The van der Waals surface area contributed by atoms with Crippen molar-refractivity contribution in [3.8, 4) is 0 Å². The third-order valence-corrected chi connectivity index (χ3v) is 3.19. The van der Waals surface area contributed by atoms with E-state index in [0.717, 1.165) is 24.9 Å². The zero-order chi connectivity index (χ0) is 10.7. The Labute approximate surface area is 89.7 Å². The lowest BCUT2D eigenvalue weighted by atomic mass is 9.95. The molecule has 2 unspecified atom stereocenters. The predicted octanol–water partition coefficient (Wildman–Crippen LogP) is 1.30. The highest BCUT2D eigenvalue weighted by molar-refractivity contribution is 5.19. The molecule has 1 aromatic rings. The first-order chi connectivity index (χ1) is 7.31. The van der Waals surface area contributed by atoms with Gasteiger partial charge in [-0.25, -0.2) is 4.39 Å². The normalized spacial score (nSPS) is 25.7. The standard InChI is InChI=1S/C12H17FN2/c13-11-4-2-1-3-9(11)7-12-10(8-14)5-6-15-12/h1-4,10,12,15H,5-8,14H2. The van der Waals surface area contributed by atoms with Gasteiger partial charge in [0.05, 0.1) is 0 Å². The monoisotopic (exact) mass is 208 g/mol. The number of nitrogens with one attached hydrogen (secondary N) is 1. The Balaban J connectivity index is 2.05. The number of hydrogen-bond donors (Lipinski definition) is 2. The van der Waals surface area contributed by atoms with Crippen LogP contribution >= 0.6 is 0 Å². The lowest BCUT2D eigenvalue weighted by molar-refractivity contribution is 0.446. The molecule has 0 radical (unpaired) electrons. The van der Waals surface area contributed by atoms with Gasteiger partial charge in [0, 0.05) is 6.04 Å². The molecule has 2 nitrogen and oxygen atoms in total. The first-order valence-corrected chi connectivity index (χ1v) is 5.48. The van der Waals surface area contributed by atoms with Crippen LogP contribution in [0.1, 0.15) is 12.0 Å². The lowest BCUT2D eigenvalue weighted by Gasteiger charge is -2.18. The quantitative estimate of drug-likeness (QED) is 0.786. The van der Waals surface area contributed by atoms with Crippen molar-refractivity contribution in [2.45, 2.75) is 18.9 Å². The van der Waals surface area contributed by atoms with Crippen molar-refractivity contribution in [3.63, 3.8) is 0 Å². The second-order valence-corrected chi connectivity index (χ2v) is 4.14. The molecule has 2 atom stereocenters. The van der Waals surface area contributed by atoms with Gasteiger partial charge in [0.1, 0.15) is 5.82 Å². The molecule has 1 aromatic carbocycles. The Bertz CT molecular complexity index is 327. The van der Waals surface area contributed by atoms with E-state index in [-0.39, 0.29) is 5.82 Å². The van der Waals surface area contributed by atoms with Gasteiger partial charge in [-0.15, -0.1) is 0 Å². The van der Waals surface area contributed by atoms with E-state index in [2.05, 4.69) is 5.32 Å². The minimum atomic E-state index is -0.109. The van der Waals surface area contributed by atoms with Crippen molar-refractivity contribution in [3.05, 3.63) is 35.6 Å². The van der Waals surface area contributed by atoms with Gasteiger partial charge in [-0.3, -0.25) is 0 Å².